The first kappa shape index (κ1) is 12.7. The van der Waals surface area contributed by atoms with Crippen LogP contribution in [0.2, 0.25) is 0 Å². The molecule has 2 rings (SSSR count). The smallest absolute Gasteiger partial charge is 0.0221 e. The van der Waals surface area contributed by atoms with Gasteiger partial charge in [0.1, 0.15) is 0 Å². The van der Waals surface area contributed by atoms with Crippen molar-refractivity contribution in [3.05, 3.63) is 0 Å². The lowest BCUT2D eigenvalue weighted by Gasteiger charge is -2.40. The molecule has 0 amide bonds. The highest BCUT2D eigenvalue weighted by Gasteiger charge is 2.33. The first-order valence-electron chi connectivity index (χ1n) is 6.93. The van der Waals surface area contributed by atoms with Gasteiger partial charge in [-0.1, -0.05) is 13.8 Å². The third-order valence-electron chi connectivity index (χ3n) is 4.10. The van der Waals surface area contributed by atoms with Gasteiger partial charge >= 0.3 is 0 Å². The van der Waals surface area contributed by atoms with Crippen LogP contribution in [0.3, 0.4) is 0 Å². The highest BCUT2D eigenvalue weighted by molar-refractivity contribution is 7.99. The molecule has 3 atom stereocenters. The van der Waals surface area contributed by atoms with E-state index in [0.717, 1.165) is 17.3 Å². The Balaban J connectivity index is 1.86. The minimum Gasteiger partial charge on any atom is -0.314 e. The van der Waals surface area contributed by atoms with E-state index in [1.165, 1.54) is 51.1 Å². The van der Waals surface area contributed by atoms with Gasteiger partial charge in [0.15, 0.2) is 0 Å². The fourth-order valence-electron chi connectivity index (χ4n) is 3.24. The predicted molar refractivity (Wildman–Crippen MR) is 73.2 cm³/mol. The summed E-state index contributed by atoms with van der Waals surface area (Å²) in [6.45, 7) is 8.29. The Morgan fingerprint density at radius 1 is 1.31 bits per heavy atom. The maximum absolute atomic E-state index is 3.53. The number of rotatable bonds is 4. The lowest BCUT2D eigenvalue weighted by atomic mass is 10.1. The lowest BCUT2D eigenvalue weighted by Crippen LogP contribution is -2.54. The molecule has 1 aliphatic carbocycles. The van der Waals surface area contributed by atoms with Crippen LogP contribution in [0.15, 0.2) is 0 Å². The number of nitrogens with zero attached hydrogens (tertiary/aromatic N) is 1. The zero-order valence-electron chi connectivity index (χ0n) is 10.7. The second-order valence-corrected chi connectivity index (χ2v) is 6.63. The summed E-state index contributed by atoms with van der Waals surface area (Å²) < 4.78 is 0. The monoisotopic (exact) mass is 242 g/mol. The van der Waals surface area contributed by atoms with Gasteiger partial charge in [0, 0.05) is 37.0 Å². The summed E-state index contributed by atoms with van der Waals surface area (Å²) in [5, 5.41) is 4.48. The zero-order chi connectivity index (χ0) is 11.4. The predicted octanol–water partition coefficient (Wildman–Crippen LogP) is 2.34. The molecule has 0 bridgehead atoms. The Labute approximate surface area is 105 Å². The van der Waals surface area contributed by atoms with E-state index < -0.39 is 0 Å². The van der Waals surface area contributed by atoms with Crippen molar-refractivity contribution in [2.75, 3.05) is 25.4 Å². The fourth-order valence-corrected chi connectivity index (χ4v) is 4.37. The van der Waals surface area contributed by atoms with Gasteiger partial charge in [0.25, 0.3) is 0 Å². The molecule has 16 heavy (non-hydrogen) atoms. The molecular formula is C13H26N2S. The topological polar surface area (TPSA) is 15.3 Å². The van der Waals surface area contributed by atoms with E-state index in [2.05, 4.69) is 35.8 Å². The van der Waals surface area contributed by atoms with E-state index in [-0.39, 0.29) is 0 Å². The molecule has 0 spiro atoms. The minimum absolute atomic E-state index is 0.795. The van der Waals surface area contributed by atoms with Crippen molar-refractivity contribution >= 4 is 11.8 Å². The van der Waals surface area contributed by atoms with Crippen LogP contribution < -0.4 is 5.32 Å². The quantitative estimate of drug-likeness (QED) is 0.814. The third kappa shape index (κ3) is 2.93. The van der Waals surface area contributed by atoms with Gasteiger partial charge in [-0.2, -0.15) is 11.8 Å². The molecule has 1 saturated heterocycles. The summed E-state index contributed by atoms with van der Waals surface area (Å²) >= 11 is 2.17. The first-order valence-corrected chi connectivity index (χ1v) is 7.98. The highest BCUT2D eigenvalue weighted by Crippen LogP contribution is 2.33. The molecule has 0 aromatic rings. The largest absolute Gasteiger partial charge is 0.314 e. The molecule has 1 N–H and O–H groups in total. The zero-order valence-corrected chi connectivity index (χ0v) is 11.6. The van der Waals surface area contributed by atoms with E-state index in [4.69, 9.17) is 0 Å². The van der Waals surface area contributed by atoms with E-state index in [1.807, 2.05) is 0 Å². The summed E-state index contributed by atoms with van der Waals surface area (Å²) in [6.07, 6.45) is 5.63. The summed E-state index contributed by atoms with van der Waals surface area (Å²) in [5.41, 5.74) is 0. The van der Waals surface area contributed by atoms with Crippen LogP contribution in [0, 0.1) is 0 Å². The molecule has 2 fully saturated rings. The van der Waals surface area contributed by atoms with Crippen LogP contribution >= 0.6 is 11.8 Å². The van der Waals surface area contributed by atoms with E-state index >= 15 is 0 Å². The second kappa shape index (κ2) is 6.27. The Bertz CT molecular complexity index is 210. The number of hydrogen-bond donors (Lipinski definition) is 1. The Hall–Kier alpha value is 0.270. The van der Waals surface area contributed by atoms with Crippen molar-refractivity contribution in [3.8, 4) is 0 Å². The SMILES string of the molecule is CCSC1CCC(N2CCNCC2CC)C1. The van der Waals surface area contributed by atoms with Crippen molar-refractivity contribution < 1.29 is 0 Å². The van der Waals surface area contributed by atoms with Crippen LogP contribution in [0.4, 0.5) is 0 Å². The van der Waals surface area contributed by atoms with Crippen molar-refractivity contribution in [2.24, 2.45) is 0 Å². The van der Waals surface area contributed by atoms with Gasteiger partial charge in [0.2, 0.25) is 0 Å². The number of hydrogen-bond acceptors (Lipinski definition) is 3. The van der Waals surface area contributed by atoms with Crippen molar-refractivity contribution in [1.29, 1.82) is 0 Å². The van der Waals surface area contributed by atoms with E-state index in [0.29, 0.717) is 0 Å². The van der Waals surface area contributed by atoms with Crippen molar-refractivity contribution in [1.82, 2.24) is 10.2 Å². The van der Waals surface area contributed by atoms with Gasteiger partial charge < -0.3 is 5.32 Å². The normalized spacial score (nSPS) is 36.8. The molecule has 0 radical (unpaired) electrons. The summed E-state index contributed by atoms with van der Waals surface area (Å²) in [6, 6.07) is 1.68. The molecule has 2 aliphatic rings. The van der Waals surface area contributed by atoms with Crippen LogP contribution in [0.1, 0.15) is 39.5 Å². The van der Waals surface area contributed by atoms with Gasteiger partial charge in [-0.25, -0.2) is 0 Å². The molecule has 2 nitrogen and oxygen atoms in total. The van der Waals surface area contributed by atoms with Crippen LogP contribution in [-0.4, -0.2) is 47.6 Å². The lowest BCUT2D eigenvalue weighted by molar-refractivity contribution is 0.106. The molecular weight excluding hydrogens is 216 g/mol. The molecule has 94 valence electrons. The maximum Gasteiger partial charge on any atom is 0.0221 e. The average Bonchev–Trinajstić information content (AvgIpc) is 2.78. The number of nitrogens with one attached hydrogen (secondary N) is 1. The molecule has 0 aromatic carbocycles. The molecule has 0 aromatic heterocycles. The molecule has 1 heterocycles. The third-order valence-corrected chi connectivity index (χ3v) is 5.33. The molecule has 1 saturated carbocycles. The van der Waals surface area contributed by atoms with Gasteiger partial charge in [-0.3, -0.25) is 4.90 Å². The summed E-state index contributed by atoms with van der Waals surface area (Å²) in [4.78, 5) is 2.80. The highest BCUT2D eigenvalue weighted by atomic mass is 32.2. The van der Waals surface area contributed by atoms with E-state index in [1.54, 1.807) is 0 Å². The minimum atomic E-state index is 0.795. The van der Waals surface area contributed by atoms with Crippen molar-refractivity contribution in [2.45, 2.75) is 56.9 Å². The second-order valence-electron chi connectivity index (χ2n) is 5.05. The van der Waals surface area contributed by atoms with E-state index in [9.17, 15) is 0 Å². The number of thioether (sulfide) groups is 1. The maximum atomic E-state index is 3.53. The molecule has 1 aliphatic heterocycles. The standard InChI is InChI=1S/C13H26N2S/c1-3-11-10-14-7-8-15(11)12-5-6-13(9-12)16-4-2/h11-14H,3-10H2,1-2H3. The fraction of sp³-hybridized carbons (Fsp3) is 1.00. The van der Waals surface area contributed by atoms with Gasteiger partial charge in [-0.15, -0.1) is 0 Å². The first-order chi connectivity index (χ1) is 7.85. The van der Waals surface area contributed by atoms with Gasteiger partial charge in [-0.05, 0) is 31.4 Å². The van der Waals surface area contributed by atoms with Crippen LogP contribution in [0.25, 0.3) is 0 Å². The van der Waals surface area contributed by atoms with Crippen molar-refractivity contribution in [3.63, 3.8) is 0 Å². The van der Waals surface area contributed by atoms with Gasteiger partial charge in [0.05, 0.1) is 0 Å². The molecule has 3 heteroatoms. The average molecular weight is 242 g/mol. The van der Waals surface area contributed by atoms with Crippen LogP contribution in [0.5, 0.6) is 0 Å². The molecule has 3 unspecified atom stereocenters. The Morgan fingerprint density at radius 3 is 2.94 bits per heavy atom. The summed E-state index contributed by atoms with van der Waals surface area (Å²) in [7, 11) is 0. The Morgan fingerprint density at radius 2 is 2.19 bits per heavy atom. The van der Waals surface area contributed by atoms with Crippen LogP contribution in [-0.2, 0) is 0 Å². The Kier molecular flexibility index (Phi) is 4.98. The number of piperazine rings is 1. The summed E-state index contributed by atoms with van der Waals surface area (Å²) in [5.74, 6) is 1.29.